The lowest BCUT2D eigenvalue weighted by atomic mass is 10.1. The van der Waals surface area contributed by atoms with Crippen molar-refractivity contribution in [2.45, 2.75) is 46.0 Å². The van der Waals surface area contributed by atoms with Crippen molar-refractivity contribution in [3.63, 3.8) is 0 Å². The van der Waals surface area contributed by atoms with Crippen LogP contribution < -0.4 is 20.5 Å². The molecule has 4 N–H and O–H groups in total. The fourth-order valence-electron chi connectivity index (χ4n) is 3.27. The van der Waals surface area contributed by atoms with Crippen LogP contribution in [0.2, 0.25) is 0 Å². The summed E-state index contributed by atoms with van der Waals surface area (Å²) in [5.74, 6) is -0.171. The van der Waals surface area contributed by atoms with E-state index < -0.39 is 12.3 Å². The monoisotopic (exact) mass is 506 g/mol. The maximum atomic E-state index is 12.4. The predicted molar refractivity (Wildman–Crippen MR) is 134 cm³/mol. The van der Waals surface area contributed by atoms with Crippen LogP contribution >= 0.6 is 0 Å². The average molecular weight is 507 g/mol. The molecule has 196 valence electrons. The summed E-state index contributed by atoms with van der Waals surface area (Å²) < 4.78 is 45.9. The van der Waals surface area contributed by atoms with Gasteiger partial charge in [-0.15, -0.1) is 13.2 Å². The van der Waals surface area contributed by atoms with Crippen molar-refractivity contribution < 1.29 is 27.4 Å². The zero-order valence-corrected chi connectivity index (χ0v) is 20.7. The summed E-state index contributed by atoms with van der Waals surface area (Å²) in [6, 6.07) is 4.86. The number of carbonyl (C=O) groups excluding carboxylic acids is 1. The molecule has 0 heterocycles. The number of amidine groups is 1. The lowest BCUT2D eigenvalue weighted by molar-refractivity contribution is -0.274. The Kier molecular flexibility index (Phi) is 10.8. The van der Waals surface area contributed by atoms with Gasteiger partial charge in [0, 0.05) is 24.8 Å². The van der Waals surface area contributed by atoms with Crippen LogP contribution in [0, 0.1) is 5.41 Å². The van der Waals surface area contributed by atoms with Gasteiger partial charge < -0.3 is 25.4 Å². The van der Waals surface area contributed by atoms with Crippen molar-refractivity contribution in [2.75, 3.05) is 19.7 Å². The molecule has 0 radical (unpaired) electrons. The van der Waals surface area contributed by atoms with Crippen molar-refractivity contribution >= 4 is 11.7 Å². The molecule has 36 heavy (non-hydrogen) atoms. The molecule has 0 fully saturated rings. The van der Waals surface area contributed by atoms with Crippen molar-refractivity contribution in [1.29, 1.82) is 5.41 Å². The molecule has 0 saturated carbocycles. The van der Waals surface area contributed by atoms with E-state index in [1.54, 1.807) is 6.08 Å². The molecule has 1 aliphatic rings. The predicted octanol–water partition coefficient (Wildman–Crippen LogP) is 4.83. The van der Waals surface area contributed by atoms with Gasteiger partial charge in [0.05, 0.1) is 0 Å². The number of alkyl halides is 3. The first-order valence-corrected chi connectivity index (χ1v) is 11.6. The highest BCUT2D eigenvalue weighted by molar-refractivity contribution is 5.91. The minimum Gasteiger partial charge on any atom is -0.484 e. The summed E-state index contributed by atoms with van der Waals surface area (Å²) in [5.41, 5.74) is 8.15. The Morgan fingerprint density at radius 2 is 1.94 bits per heavy atom. The topological polar surface area (TPSA) is 101 Å². The third kappa shape index (κ3) is 10.4. The second kappa shape index (κ2) is 13.5. The Morgan fingerprint density at radius 1 is 1.28 bits per heavy atom. The first-order valence-electron chi connectivity index (χ1n) is 11.6. The van der Waals surface area contributed by atoms with Crippen molar-refractivity contribution in [3.8, 4) is 11.5 Å². The van der Waals surface area contributed by atoms with Crippen LogP contribution in [0.3, 0.4) is 0 Å². The number of halogens is 3. The van der Waals surface area contributed by atoms with E-state index in [2.05, 4.69) is 10.1 Å². The third-order valence-electron chi connectivity index (χ3n) is 5.18. The third-order valence-corrected chi connectivity index (χ3v) is 5.18. The van der Waals surface area contributed by atoms with E-state index in [-0.39, 0.29) is 24.1 Å². The smallest absolute Gasteiger partial charge is 0.484 e. The van der Waals surface area contributed by atoms with E-state index in [0.717, 1.165) is 29.7 Å². The van der Waals surface area contributed by atoms with Crippen LogP contribution in [0.4, 0.5) is 13.2 Å². The maximum absolute atomic E-state index is 12.4. The van der Waals surface area contributed by atoms with E-state index >= 15 is 0 Å². The van der Waals surface area contributed by atoms with Crippen LogP contribution in [0.1, 0.15) is 33.6 Å². The molecule has 1 unspecified atom stereocenters. The number of rotatable bonds is 11. The Bertz CT molecular complexity index is 1030. The van der Waals surface area contributed by atoms with Crippen LogP contribution in [0.15, 0.2) is 71.5 Å². The maximum Gasteiger partial charge on any atom is 0.573 e. The number of likely N-dealkylation sites (N-methyl/N-ethyl adjacent to an activating group) is 1. The number of benzene rings is 1. The fourth-order valence-corrected chi connectivity index (χ4v) is 3.27. The van der Waals surface area contributed by atoms with Gasteiger partial charge in [-0.1, -0.05) is 18.2 Å². The van der Waals surface area contributed by atoms with E-state index in [0.29, 0.717) is 31.0 Å². The standard InChI is InChI=1S/C26H33F3N4O3/c1-4-33(14-13-19(3)30)24(31)15-18(2)20-7-5-6-8-21(16-20)32-25(34)17-35-22-9-11-23(12-10-22)36-26(27,28)29/h5,7-12,15-16,19,31H,4,6,13-14,17,30H2,1-3H3,(H,32,34)/b18-15-,31-24?. The quantitative estimate of drug-likeness (QED) is 0.295. The van der Waals surface area contributed by atoms with Gasteiger partial charge in [0.1, 0.15) is 17.3 Å². The van der Waals surface area contributed by atoms with Gasteiger partial charge in [-0.2, -0.15) is 0 Å². The highest BCUT2D eigenvalue weighted by Crippen LogP contribution is 2.24. The molecular formula is C26H33F3N4O3. The Hall–Kier alpha value is -3.53. The molecule has 0 bridgehead atoms. The summed E-state index contributed by atoms with van der Waals surface area (Å²) in [6.07, 6.45) is 5.99. The van der Waals surface area contributed by atoms with Gasteiger partial charge in [0.25, 0.3) is 5.91 Å². The van der Waals surface area contributed by atoms with E-state index in [4.69, 9.17) is 15.9 Å². The van der Waals surface area contributed by atoms with Crippen LogP contribution in [0.25, 0.3) is 0 Å². The average Bonchev–Trinajstić information content (AvgIpc) is 3.03. The van der Waals surface area contributed by atoms with Crippen LogP contribution in [-0.2, 0) is 4.79 Å². The number of carbonyl (C=O) groups is 1. The molecule has 10 heteroatoms. The lowest BCUT2D eigenvalue weighted by Gasteiger charge is -2.23. The van der Waals surface area contributed by atoms with Gasteiger partial charge in [-0.3, -0.25) is 10.2 Å². The minimum absolute atomic E-state index is 0.0625. The second-order valence-electron chi connectivity index (χ2n) is 8.31. The number of nitrogens with two attached hydrogens (primary N) is 1. The number of nitrogens with one attached hydrogen (secondary N) is 2. The first kappa shape index (κ1) is 28.7. The number of ether oxygens (including phenoxy) is 2. The summed E-state index contributed by atoms with van der Waals surface area (Å²) in [4.78, 5) is 14.3. The Balaban J connectivity index is 1.97. The second-order valence-corrected chi connectivity index (χ2v) is 8.31. The molecule has 0 aromatic heterocycles. The molecule has 1 aliphatic carbocycles. The Morgan fingerprint density at radius 3 is 2.56 bits per heavy atom. The van der Waals surface area contributed by atoms with Gasteiger partial charge in [0.2, 0.25) is 0 Å². The van der Waals surface area contributed by atoms with Crippen molar-refractivity contribution in [2.24, 2.45) is 5.73 Å². The van der Waals surface area contributed by atoms with Gasteiger partial charge in [-0.05, 0) is 81.2 Å². The zero-order chi connectivity index (χ0) is 26.7. The van der Waals surface area contributed by atoms with Crippen molar-refractivity contribution in [1.82, 2.24) is 10.2 Å². The fraction of sp³-hybridized carbons (Fsp3) is 0.385. The molecule has 2 rings (SSSR count). The zero-order valence-electron chi connectivity index (χ0n) is 20.7. The highest BCUT2D eigenvalue weighted by atomic mass is 19.4. The largest absolute Gasteiger partial charge is 0.573 e. The van der Waals surface area contributed by atoms with Gasteiger partial charge in [-0.25, -0.2) is 0 Å². The number of nitrogens with zero attached hydrogens (tertiary/aromatic N) is 1. The number of amides is 1. The summed E-state index contributed by atoms with van der Waals surface area (Å²) in [5, 5.41) is 11.2. The molecule has 1 aromatic carbocycles. The van der Waals surface area contributed by atoms with Crippen LogP contribution in [-0.4, -0.2) is 48.7 Å². The normalized spacial score (nSPS) is 14.8. The molecule has 1 atom stereocenters. The molecular weight excluding hydrogens is 473 g/mol. The SMILES string of the molecule is CCN(CCC(C)N)C(=N)/C=C(/C)C1=CC(NC(=O)COc2ccc(OC(F)(F)F)cc2)=CCC=C1. The number of allylic oxidation sites excluding steroid dienone is 6. The first-order chi connectivity index (χ1) is 17.0. The molecule has 7 nitrogen and oxygen atoms in total. The molecule has 0 aliphatic heterocycles. The van der Waals surface area contributed by atoms with Crippen molar-refractivity contribution in [3.05, 3.63) is 71.5 Å². The van der Waals surface area contributed by atoms with E-state index in [1.165, 1.54) is 12.1 Å². The van der Waals surface area contributed by atoms with Crippen LogP contribution in [0.5, 0.6) is 11.5 Å². The Labute approximate surface area is 209 Å². The lowest BCUT2D eigenvalue weighted by Crippen LogP contribution is -2.33. The highest BCUT2D eigenvalue weighted by Gasteiger charge is 2.31. The van der Waals surface area contributed by atoms with E-state index in [9.17, 15) is 18.0 Å². The summed E-state index contributed by atoms with van der Waals surface area (Å²) >= 11 is 0. The molecule has 0 spiro atoms. The minimum atomic E-state index is -4.78. The molecule has 1 amide bonds. The van der Waals surface area contributed by atoms with Gasteiger partial charge in [0.15, 0.2) is 6.61 Å². The molecule has 1 aromatic rings. The van der Waals surface area contributed by atoms with Gasteiger partial charge >= 0.3 is 6.36 Å². The van der Waals surface area contributed by atoms with E-state index in [1.807, 2.05) is 50.0 Å². The molecule has 0 saturated heterocycles. The number of hydrogen-bond donors (Lipinski definition) is 3. The summed E-state index contributed by atoms with van der Waals surface area (Å²) in [6.45, 7) is 6.92. The summed E-state index contributed by atoms with van der Waals surface area (Å²) in [7, 11) is 0. The number of hydrogen-bond acceptors (Lipinski definition) is 5.